The zero-order valence-corrected chi connectivity index (χ0v) is 25.2. The van der Waals surface area contributed by atoms with Crippen LogP contribution in [0.1, 0.15) is 47.0 Å². The minimum atomic E-state index is -1.42. The third kappa shape index (κ3) is 8.39. The Balaban J connectivity index is 1.71. The van der Waals surface area contributed by atoms with Crippen LogP contribution in [0.15, 0.2) is 28.3 Å². The number of benzene rings is 1. The van der Waals surface area contributed by atoms with Gasteiger partial charge in [-0.15, -0.1) is 10.2 Å². The number of hydrogen-bond donors (Lipinski definition) is 3. The number of amides is 3. The van der Waals surface area contributed by atoms with Crippen molar-refractivity contribution in [3.05, 3.63) is 28.2 Å². The second-order valence-corrected chi connectivity index (χ2v) is 12.1. The number of hydrogen-bond acceptors (Lipinski definition) is 9. The number of Topliss-reactive ketones (excluding diaryl/α,β-unsaturated/α-hetero) is 1. The number of nitrogens with zero attached hydrogens (tertiary/aromatic N) is 5. The highest BCUT2D eigenvalue weighted by Gasteiger charge is 2.43. The molecule has 1 aliphatic heterocycles. The summed E-state index contributed by atoms with van der Waals surface area (Å²) in [5.41, 5.74) is -0.547. The van der Waals surface area contributed by atoms with Crippen molar-refractivity contribution in [1.29, 1.82) is 0 Å². The van der Waals surface area contributed by atoms with Gasteiger partial charge in [-0.05, 0) is 54.3 Å². The van der Waals surface area contributed by atoms with Crippen molar-refractivity contribution < 1.29 is 29.1 Å². The van der Waals surface area contributed by atoms with Crippen LogP contribution in [0.5, 0.6) is 0 Å². The predicted molar refractivity (Wildman–Crippen MR) is 149 cm³/mol. The second kappa shape index (κ2) is 13.6. The quantitative estimate of drug-likeness (QED) is 0.334. The van der Waals surface area contributed by atoms with Gasteiger partial charge in [0.15, 0.2) is 5.78 Å². The van der Waals surface area contributed by atoms with Crippen LogP contribution in [0, 0.1) is 5.41 Å². The molecule has 1 aromatic carbocycles. The number of carbonyl (C=O) groups is 5. The van der Waals surface area contributed by atoms with E-state index in [0.29, 0.717) is 27.8 Å². The van der Waals surface area contributed by atoms with E-state index >= 15 is 0 Å². The summed E-state index contributed by atoms with van der Waals surface area (Å²) in [6, 6.07) is 1.66. The maximum Gasteiger partial charge on any atom is 0.305 e. The summed E-state index contributed by atoms with van der Waals surface area (Å²) in [6.45, 7) is 6.31. The van der Waals surface area contributed by atoms with E-state index in [1.165, 1.54) is 18.7 Å². The highest BCUT2D eigenvalue weighted by molar-refractivity contribution is 7.99. The lowest BCUT2D eigenvalue weighted by Gasteiger charge is -2.35. The molecule has 0 radical (unpaired) electrons. The van der Waals surface area contributed by atoms with Gasteiger partial charge in [-0.2, -0.15) is 4.80 Å². The van der Waals surface area contributed by atoms with Gasteiger partial charge in [0.25, 0.3) is 0 Å². The van der Waals surface area contributed by atoms with E-state index < -0.39 is 60.1 Å². The van der Waals surface area contributed by atoms with E-state index in [4.69, 9.17) is 23.2 Å². The fourth-order valence-corrected chi connectivity index (χ4v) is 5.77. The van der Waals surface area contributed by atoms with Crippen LogP contribution in [0.4, 0.5) is 0 Å². The fraction of sp³-hybridized carbons (Fsp3) is 0.520. The van der Waals surface area contributed by atoms with Gasteiger partial charge >= 0.3 is 5.97 Å². The lowest BCUT2D eigenvalue weighted by Crippen LogP contribution is -2.58. The Morgan fingerprint density at radius 3 is 2.49 bits per heavy atom. The number of nitrogens with one attached hydrogen (secondary N) is 2. The molecule has 0 spiro atoms. The molecule has 0 saturated carbocycles. The van der Waals surface area contributed by atoms with Crippen molar-refractivity contribution in [3.63, 3.8) is 0 Å². The van der Waals surface area contributed by atoms with Crippen LogP contribution < -0.4 is 10.6 Å². The molecule has 0 aliphatic carbocycles. The summed E-state index contributed by atoms with van der Waals surface area (Å²) < 4.78 is 0. The van der Waals surface area contributed by atoms with E-state index in [9.17, 15) is 29.1 Å². The lowest BCUT2D eigenvalue weighted by atomic mass is 9.80. The third-order valence-corrected chi connectivity index (χ3v) is 8.50. The Labute approximate surface area is 250 Å². The molecule has 41 heavy (non-hydrogen) atoms. The van der Waals surface area contributed by atoms with Gasteiger partial charge < -0.3 is 20.6 Å². The molecular weight excluding hydrogens is 597 g/mol. The van der Waals surface area contributed by atoms with Crippen LogP contribution in [0.2, 0.25) is 10.0 Å². The first-order valence-electron chi connectivity index (χ1n) is 12.7. The molecule has 16 heteroatoms. The molecule has 3 rings (SSSR count). The smallest absolute Gasteiger partial charge is 0.305 e. The molecule has 2 aromatic rings. The minimum Gasteiger partial charge on any atom is -0.481 e. The lowest BCUT2D eigenvalue weighted by molar-refractivity contribution is -0.145. The molecule has 3 atom stereocenters. The molecule has 222 valence electrons. The summed E-state index contributed by atoms with van der Waals surface area (Å²) in [6.07, 6.45) is 0.516. The molecule has 0 bridgehead atoms. The van der Waals surface area contributed by atoms with E-state index in [0.717, 1.165) is 16.6 Å². The fourth-order valence-electron chi connectivity index (χ4n) is 4.42. The highest BCUT2D eigenvalue weighted by atomic mass is 35.5. The third-order valence-electron chi connectivity index (χ3n) is 6.65. The number of carboxylic acids is 1. The maximum absolute atomic E-state index is 13.4. The minimum absolute atomic E-state index is 0.150. The van der Waals surface area contributed by atoms with Crippen LogP contribution >= 0.6 is 35.0 Å². The van der Waals surface area contributed by atoms with Crippen molar-refractivity contribution in [2.75, 3.05) is 6.54 Å². The Morgan fingerprint density at radius 2 is 1.88 bits per heavy atom. The molecule has 3 N–H and O–H groups in total. The first kappa shape index (κ1) is 32.3. The van der Waals surface area contributed by atoms with Crippen molar-refractivity contribution in [3.8, 4) is 0 Å². The Hall–Kier alpha value is -3.23. The summed E-state index contributed by atoms with van der Waals surface area (Å²) in [5, 5.41) is 27.3. The van der Waals surface area contributed by atoms with Gasteiger partial charge in [-0.1, -0.05) is 43.1 Å². The zero-order valence-electron chi connectivity index (χ0n) is 22.9. The number of carbonyl (C=O) groups excluding carboxylic acids is 4. The normalized spacial score (nSPS) is 18.2. The van der Waals surface area contributed by atoms with Gasteiger partial charge in [0.2, 0.25) is 22.9 Å². The second-order valence-electron chi connectivity index (χ2n) is 10.3. The Morgan fingerprint density at radius 1 is 1.22 bits per heavy atom. The monoisotopic (exact) mass is 627 g/mol. The molecule has 1 saturated heterocycles. The molecular formula is C25H31Cl2N7O6S. The molecule has 3 unspecified atom stereocenters. The van der Waals surface area contributed by atoms with Crippen LogP contribution in [0.3, 0.4) is 0 Å². The molecule has 1 aliphatic rings. The summed E-state index contributed by atoms with van der Waals surface area (Å²) in [7, 11) is 0. The van der Waals surface area contributed by atoms with Gasteiger partial charge in [-0.3, -0.25) is 24.0 Å². The predicted octanol–water partition coefficient (Wildman–Crippen LogP) is 2.20. The first-order chi connectivity index (χ1) is 19.2. The number of tetrazole rings is 1. The standard InChI is InChI=1S/C25H31Cl2N7O6S/c1-13(33-10-6-9-25(3,4)21(23(33)40)28-14(2)35)22(39)29-17(11-19(37)38)18(36)12-34-31-24(30-32-34)41-20-15(26)7-5-8-16(20)27/h5,7-8,13,17,21H,6,9-12H2,1-4H3,(H,28,35)(H,29,39)(H,37,38). The largest absolute Gasteiger partial charge is 0.481 e. The van der Waals surface area contributed by atoms with Crippen LogP contribution in [-0.2, 0) is 30.5 Å². The number of aromatic nitrogens is 4. The Bertz CT molecular complexity index is 1320. The van der Waals surface area contributed by atoms with Gasteiger partial charge in [0.1, 0.15) is 24.7 Å². The summed E-state index contributed by atoms with van der Waals surface area (Å²) >= 11 is 13.4. The van der Waals surface area contributed by atoms with Gasteiger partial charge in [0, 0.05) is 13.5 Å². The maximum atomic E-state index is 13.4. The van der Waals surface area contributed by atoms with Crippen molar-refractivity contribution >= 4 is 64.4 Å². The van der Waals surface area contributed by atoms with E-state index in [1.54, 1.807) is 18.2 Å². The summed E-state index contributed by atoms with van der Waals surface area (Å²) in [5.74, 6) is -3.51. The number of ketones is 1. The average molecular weight is 629 g/mol. The first-order valence-corrected chi connectivity index (χ1v) is 14.3. The highest BCUT2D eigenvalue weighted by Crippen LogP contribution is 2.36. The molecule has 2 heterocycles. The molecule has 13 nitrogen and oxygen atoms in total. The van der Waals surface area contributed by atoms with Crippen LogP contribution in [0.25, 0.3) is 0 Å². The van der Waals surface area contributed by atoms with E-state index in [-0.39, 0.29) is 17.6 Å². The average Bonchev–Trinajstić information content (AvgIpc) is 3.28. The van der Waals surface area contributed by atoms with Crippen LogP contribution in [-0.4, -0.2) is 84.4 Å². The number of halogens is 2. The zero-order chi connectivity index (χ0) is 30.5. The number of carboxylic acid groups (broad SMARTS) is 1. The molecule has 1 fully saturated rings. The van der Waals surface area contributed by atoms with Crippen molar-refractivity contribution in [2.45, 2.75) is 81.7 Å². The van der Waals surface area contributed by atoms with Crippen molar-refractivity contribution in [1.82, 2.24) is 35.7 Å². The van der Waals surface area contributed by atoms with Gasteiger partial charge in [0.05, 0.1) is 21.4 Å². The number of rotatable bonds is 11. The molecule has 3 amide bonds. The summed E-state index contributed by atoms with van der Waals surface area (Å²) in [4.78, 5) is 65.7. The van der Waals surface area contributed by atoms with Crippen molar-refractivity contribution in [2.24, 2.45) is 5.41 Å². The van der Waals surface area contributed by atoms with Gasteiger partial charge in [-0.25, -0.2) is 0 Å². The topological polar surface area (TPSA) is 176 Å². The molecule has 1 aromatic heterocycles. The van der Waals surface area contributed by atoms with E-state index in [1.807, 2.05) is 13.8 Å². The van der Waals surface area contributed by atoms with E-state index in [2.05, 4.69) is 26.0 Å². The Kier molecular flexibility index (Phi) is 10.7. The number of aliphatic carboxylic acids is 1. The SMILES string of the molecule is CC(=O)NC1C(=O)N(C(C)C(=O)NC(CC(=O)O)C(=O)Cn2nnc(Sc3c(Cl)cccc3Cl)n2)CCCC1(C)C. The number of likely N-dealkylation sites (tertiary alicyclic amines) is 1.